The second kappa shape index (κ2) is 9.21. The highest BCUT2D eigenvalue weighted by Crippen LogP contribution is 2.33. The molecule has 2 atom stereocenters. The van der Waals surface area contributed by atoms with Crippen LogP contribution in [-0.4, -0.2) is 60.2 Å². The number of benzene rings is 2. The second-order valence-electron chi connectivity index (χ2n) is 9.01. The Morgan fingerprint density at radius 1 is 1.12 bits per heavy atom. The maximum atomic E-state index is 13.5. The van der Waals surface area contributed by atoms with Crippen LogP contribution in [0.5, 0.6) is 0 Å². The van der Waals surface area contributed by atoms with Gasteiger partial charge in [-0.1, -0.05) is 67.1 Å². The number of aryl methyl sites for hydroxylation is 1. The zero-order chi connectivity index (χ0) is 24.5. The van der Waals surface area contributed by atoms with Crippen molar-refractivity contribution in [1.82, 2.24) is 15.1 Å². The summed E-state index contributed by atoms with van der Waals surface area (Å²) >= 11 is 0. The summed E-state index contributed by atoms with van der Waals surface area (Å²) in [5, 5.41) is 2.80. The molecule has 0 unspecified atom stereocenters. The number of sulfone groups is 1. The summed E-state index contributed by atoms with van der Waals surface area (Å²) in [6.07, 6.45) is 0.670. The molecule has 180 valence electrons. The van der Waals surface area contributed by atoms with Gasteiger partial charge in [-0.3, -0.25) is 14.5 Å². The van der Waals surface area contributed by atoms with Gasteiger partial charge >= 0.3 is 6.03 Å². The van der Waals surface area contributed by atoms with Gasteiger partial charge < -0.3 is 10.2 Å². The largest absolute Gasteiger partial charge is 0.333 e. The SMILES string of the molecule is CC[C@@]1(c2ccc(C)cc2)NC(=O)N(CC(=O)N(Cc2ccccc2)[C@H]2CCS(=O)(=O)C2)C1=O. The average Bonchev–Trinajstić information content (AvgIpc) is 3.30. The van der Waals surface area contributed by atoms with Crippen LogP contribution in [0.25, 0.3) is 0 Å². The van der Waals surface area contributed by atoms with Crippen molar-refractivity contribution in [3.8, 4) is 0 Å². The topological polar surface area (TPSA) is 104 Å². The zero-order valence-corrected chi connectivity index (χ0v) is 20.2. The number of carbonyl (C=O) groups is 3. The van der Waals surface area contributed by atoms with E-state index in [4.69, 9.17) is 0 Å². The summed E-state index contributed by atoms with van der Waals surface area (Å²) in [5.41, 5.74) is 1.31. The Hall–Kier alpha value is -3.20. The van der Waals surface area contributed by atoms with Crippen molar-refractivity contribution in [3.63, 3.8) is 0 Å². The Balaban J connectivity index is 1.58. The van der Waals surface area contributed by atoms with E-state index in [-0.39, 0.29) is 18.1 Å². The third-order valence-corrected chi connectivity index (χ3v) is 8.46. The molecule has 0 saturated carbocycles. The lowest BCUT2D eigenvalue weighted by atomic mass is 9.86. The van der Waals surface area contributed by atoms with Crippen molar-refractivity contribution >= 4 is 27.7 Å². The van der Waals surface area contributed by atoms with Gasteiger partial charge in [0.2, 0.25) is 5.91 Å². The average molecular weight is 484 g/mol. The molecule has 2 fully saturated rings. The summed E-state index contributed by atoms with van der Waals surface area (Å²) in [6.45, 7) is 3.52. The van der Waals surface area contributed by atoms with Crippen LogP contribution in [-0.2, 0) is 31.5 Å². The van der Waals surface area contributed by atoms with Crippen molar-refractivity contribution in [2.45, 2.75) is 44.8 Å². The molecule has 2 saturated heterocycles. The van der Waals surface area contributed by atoms with Crippen LogP contribution in [0.15, 0.2) is 54.6 Å². The van der Waals surface area contributed by atoms with E-state index in [1.54, 1.807) is 0 Å². The van der Waals surface area contributed by atoms with Gasteiger partial charge in [0.15, 0.2) is 9.84 Å². The quantitative estimate of drug-likeness (QED) is 0.609. The first-order valence-corrected chi connectivity index (χ1v) is 13.2. The van der Waals surface area contributed by atoms with Crippen LogP contribution in [0, 0.1) is 6.92 Å². The first kappa shape index (κ1) is 23.9. The third-order valence-electron chi connectivity index (χ3n) is 6.71. The molecule has 0 spiro atoms. The molecule has 0 aliphatic carbocycles. The van der Waals surface area contributed by atoms with Gasteiger partial charge in [-0.25, -0.2) is 13.2 Å². The number of imide groups is 1. The van der Waals surface area contributed by atoms with Crippen LogP contribution in [0.1, 0.15) is 36.5 Å². The minimum atomic E-state index is -3.23. The normalized spacial score (nSPS) is 23.7. The fourth-order valence-electron chi connectivity index (χ4n) is 4.70. The summed E-state index contributed by atoms with van der Waals surface area (Å²) in [6, 6.07) is 15.5. The van der Waals surface area contributed by atoms with Gasteiger partial charge in [-0.15, -0.1) is 0 Å². The second-order valence-corrected chi connectivity index (χ2v) is 11.2. The molecule has 2 aliphatic rings. The lowest BCUT2D eigenvalue weighted by Crippen LogP contribution is -2.48. The van der Waals surface area contributed by atoms with Crippen LogP contribution in [0.3, 0.4) is 0 Å². The molecular formula is C25H29N3O5S. The molecule has 0 bridgehead atoms. The van der Waals surface area contributed by atoms with Gasteiger partial charge in [-0.05, 0) is 30.9 Å². The molecule has 8 nitrogen and oxygen atoms in total. The van der Waals surface area contributed by atoms with Crippen molar-refractivity contribution in [3.05, 3.63) is 71.3 Å². The number of urea groups is 1. The van der Waals surface area contributed by atoms with Crippen LogP contribution < -0.4 is 5.32 Å². The number of amides is 4. The summed E-state index contributed by atoms with van der Waals surface area (Å²) in [7, 11) is -3.23. The van der Waals surface area contributed by atoms with E-state index < -0.39 is 45.8 Å². The van der Waals surface area contributed by atoms with Crippen molar-refractivity contribution in [1.29, 1.82) is 0 Å². The van der Waals surface area contributed by atoms with Crippen LogP contribution in [0.2, 0.25) is 0 Å². The van der Waals surface area contributed by atoms with Gasteiger partial charge in [-0.2, -0.15) is 0 Å². The predicted molar refractivity (Wildman–Crippen MR) is 127 cm³/mol. The lowest BCUT2D eigenvalue weighted by molar-refractivity contribution is -0.140. The number of carbonyl (C=O) groups excluding carboxylic acids is 3. The molecule has 0 radical (unpaired) electrons. The van der Waals surface area contributed by atoms with E-state index in [2.05, 4.69) is 5.32 Å². The number of nitrogens with zero attached hydrogens (tertiary/aromatic N) is 2. The molecule has 4 rings (SSSR count). The van der Waals surface area contributed by atoms with Crippen LogP contribution >= 0.6 is 0 Å². The predicted octanol–water partition coefficient (Wildman–Crippen LogP) is 2.37. The van der Waals surface area contributed by atoms with Gasteiger partial charge in [0.25, 0.3) is 5.91 Å². The monoisotopic (exact) mass is 483 g/mol. The van der Waals surface area contributed by atoms with E-state index in [0.717, 1.165) is 16.0 Å². The molecule has 2 aliphatic heterocycles. The summed E-state index contributed by atoms with van der Waals surface area (Å²) < 4.78 is 24.2. The molecular weight excluding hydrogens is 454 g/mol. The first-order chi connectivity index (χ1) is 16.1. The number of hydrogen-bond acceptors (Lipinski definition) is 5. The minimum Gasteiger partial charge on any atom is -0.333 e. The van der Waals surface area contributed by atoms with Crippen molar-refractivity contribution < 1.29 is 22.8 Å². The molecule has 9 heteroatoms. The van der Waals surface area contributed by atoms with Crippen molar-refractivity contribution in [2.75, 3.05) is 18.1 Å². The fourth-order valence-corrected chi connectivity index (χ4v) is 6.43. The molecule has 2 aromatic carbocycles. The molecule has 2 heterocycles. The van der Waals surface area contributed by atoms with E-state index in [9.17, 15) is 22.8 Å². The Labute approximate surface area is 199 Å². The highest BCUT2D eigenvalue weighted by Gasteiger charge is 2.52. The van der Waals surface area contributed by atoms with E-state index in [0.29, 0.717) is 18.4 Å². The number of hydrogen-bond donors (Lipinski definition) is 1. The highest BCUT2D eigenvalue weighted by atomic mass is 32.2. The molecule has 34 heavy (non-hydrogen) atoms. The third kappa shape index (κ3) is 4.57. The van der Waals surface area contributed by atoms with Gasteiger partial charge in [0.1, 0.15) is 12.1 Å². The Bertz CT molecular complexity index is 1200. The maximum Gasteiger partial charge on any atom is 0.325 e. The minimum absolute atomic E-state index is 0.0196. The van der Waals surface area contributed by atoms with E-state index in [1.807, 2.05) is 68.4 Å². The summed E-state index contributed by atoms with van der Waals surface area (Å²) in [4.78, 5) is 42.2. The van der Waals surface area contributed by atoms with Crippen molar-refractivity contribution in [2.24, 2.45) is 0 Å². The fraction of sp³-hybridized carbons (Fsp3) is 0.400. The Kier molecular flexibility index (Phi) is 6.49. The van der Waals surface area contributed by atoms with Crippen LogP contribution in [0.4, 0.5) is 4.79 Å². The standard InChI is InChI=1S/C25H29N3O5S/c1-3-25(20-11-9-18(2)10-12-20)23(30)28(24(31)26-25)16-22(29)27(15-19-7-5-4-6-8-19)21-13-14-34(32,33)17-21/h4-12,21H,3,13-17H2,1-2H3,(H,26,31)/t21-,25-/m0/s1. The Morgan fingerprint density at radius 3 is 2.38 bits per heavy atom. The Morgan fingerprint density at radius 2 is 1.79 bits per heavy atom. The van der Waals surface area contributed by atoms with E-state index in [1.165, 1.54) is 4.90 Å². The molecule has 4 amide bonds. The van der Waals surface area contributed by atoms with Gasteiger partial charge in [0, 0.05) is 12.6 Å². The zero-order valence-electron chi connectivity index (χ0n) is 19.4. The maximum absolute atomic E-state index is 13.5. The molecule has 0 aromatic heterocycles. The summed E-state index contributed by atoms with van der Waals surface area (Å²) in [5.74, 6) is -1.03. The lowest BCUT2D eigenvalue weighted by Gasteiger charge is -2.30. The highest BCUT2D eigenvalue weighted by molar-refractivity contribution is 7.91. The van der Waals surface area contributed by atoms with E-state index >= 15 is 0 Å². The molecule has 2 aromatic rings. The van der Waals surface area contributed by atoms with Gasteiger partial charge in [0.05, 0.1) is 11.5 Å². The smallest absolute Gasteiger partial charge is 0.325 e. The number of nitrogens with one attached hydrogen (secondary N) is 1. The number of rotatable bonds is 7. The first-order valence-electron chi connectivity index (χ1n) is 11.4. The molecule has 1 N–H and O–H groups in total.